The van der Waals surface area contributed by atoms with Gasteiger partial charge in [-0.05, 0) is 18.2 Å². The van der Waals surface area contributed by atoms with Crippen molar-refractivity contribution in [2.45, 2.75) is 19.8 Å². The van der Waals surface area contributed by atoms with E-state index < -0.39 is 0 Å². The Kier molecular flexibility index (Phi) is 3.41. The van der Waals surface area contributed by atoms with Gasteiger partial charge in [0, 0.05) is 5.92 Å². The number of benzene rings is 1. The molecule has 1 heterocycles. The molecule has 16 heavy (non-hydrogen) atoms. The summed E-state index contributed by atoms with van der Waals surface area (Å²) in [7, 11) is 0. The number of rotatable bonds is 4. The Hall–Kier alpha value is -1.13. The van der Waals surface area contributed by atoms with Crippen molar-refractivity contribution in [1.82, 2.24) is 4.98 Å². The Bertz CT molecular complexity index is 479. The number of nitrogens with zero attached hydrogens (tertiary/aromatic N) is 1. The van der Waals surface area contributed by atoms with Gasteiger partial charge >= 0.3 is 0 Å². The zero-order valence-corrected chi connectivity index (χ0v) is 10.3. The molecule has 1 aromatic heterocycles. The molecule has 2 rings (SSSR count). The highest BCUT2D eigenvalue weighted by Crippen LogP contribution is 2.29. The van der Waals surface area contributed by atoms with Gasteiger partial charge in [0.25, 0.3) is 0 Å². The fourth-order valence-corrected chi connectivity index (χ4v) is 2.42. The van der Waals surface area contributed by atoms with E-state index in [0.717, 1.165) is 21.0 Å². The third kappa shape index (κ3) is 2.33. The fraction of sp³-hybridized carbons (Fsp3) is 0.417. The standard InChI is InChI=1S/C12H15NO2S/c1-8(2)12-13-10-4-3-9(15-6-5-14)7-11(10)16-12/h3-4,7-8,14H,5-6H2,1-2H3. The van der Waals surface area contributed by atoms with Crippen molar-refractivity contribution in [1.29, 1.82) is 0 Å². The van der Waals surface area contributed by atoms with Gasteiger partial charge in [-0.1, -0.05) is 13.8 Å². The molecular weight excluding hydrogens is 222 g/mol. The molecule has 0 aliphatic carbocycles. The molecule has 1 aromatic carbocycles. The summed E-state index contributed by atoms with van der Waals surface area (Å²) in [4.78, 5) is 4.55. The summed E-state index contributed by atoms with van der Waals surface area (Å²) in [5, 5.41) is 9.83. The normalized spacial score (nSPS) is 11.2. The van der Waals surface area contributed by atoms with Crippen LogP contribution in [0, 0.1) is 0 Å². The molecule has 0 radical (unpaired) electrons. The number of thiazole rings is 1. The van der Waals surface area contributed by atoms with Crippen LogP contribution in [0.15, 0.2) is 18.2 Å². The van der Waals surface area contributed by atoms with Gasteiger partial charge in [0.2, 0.25) is 0 Å². The summed E-state index contributed by atoms with van der Waals surface area (Å²) >= 11 is 1.70. The lowest BCUT2D eigenvalue weighted by atomic mass is 10.2. The Labute approximate surface area is 98.7 Å². The van der Waals surface area contributed by atoms with Gasteiger partial charge in [0.05, 0.1) is 21.8 Å². The average molecular weight is 237 g/mol. The number of ether oxygens (including phenoxy) is 1. The first-order valence-electron chi connectivity index (χ1n) is 5.35. The van der Waals surface area contributed by atoms with Gasteiger partial charge in [-0.3, -0.25) is 0 Å². The van der Waals surface area contributed by atoms with E-state index in [1.807, 2.05) is 18.2 Å². The third-order valence-corrected chi connectivity index (χ3v) is 3.55. The van der Waals surface area contributed by atoms with E-state index in [-0.39, 0.29) is 6.61 Å². The van der Waals surface area contributed by atoms with Crippen molar-refractivity contribution in [3.8, 4) is 5.75 Å². The number of aromatic nitrogens is 1. The quantitative estimate of drug-likeness (QED) is 0.889. The molecule has 0 saturated heterocycles. The van der Waals surface area contributed by atoms with Crippen molar-refractivity contribution in [3.63, 3.8) is 0 Å². The summed E-state index contributed by atoms with van der Waals surface area (Å²) < 4.78 is 6.50. The van der Waals surface area contributed by atoms with Crippen LogP contribution in [0.25, 0.3) is 10.2 Å². The molecule has 3 nitrogen and oxygen atoms in total. The predicted octanol–water partition coefficient (Wildman–Crippen LogP) is 2.79. The molecule has 4 heteroatoms. The summed E-state index contributed by atoms with van der Waals surface area (Å²) in [5.74, 6) is 1.25. The summed E-state index contributed by atoms with van der Waals surface area (Å²) in [6, 6.07) is 5.83. The molecule has 0 bridgehead atoms. The lowest BCUT2D eigenvalue weighted by molar-refractivity contribution is 0.201. The lowest BCUT2D eigenvalue weighted by Crippen LogP contribution is -2.00. The van der Waals surface area contributed by atoms with Gasteiger partial charge < -0.3 is 9.84 Å². The highest BCUT2D eigenvalue weighted by molar-refractivity contribution is 7.18. The van der Waals surface area contributed by atoms with Gasteiger partial charge in [0.1, 0.15) is 12.4 Å². The monoisotopic (exact) mass is 237 g/mol. The van der Waals surface area contributed by atoms with Crippen LogP contribution >= 0.6 is 11.3 Å². The average Bonchev–Trinajstić information content (AvgIpc) is 2.69. The fourth-order valence-electron chi connectivity index (χ4n) is 1.42. The number of fused-ring (bicyclic) bond motifs is 1. The van der Waals surface area contributed by atoms with Crippen molar-refractivity contribution in [2.75, 3.05) is 13.2 Å². The maximum atomic E-state index is 8.68. The zero-order chi connectivity index (χ0) is 11.5. The first-order valence-corrected chi connectivity index (χ1v) is 6.16. The molecular formula is C12H15NO2S. The topological polar surface area (TPSA) is 42.4 Å². The van der Waals surface area contributed by atoms with Gasteiger partial charge in [-0.2, -0.15) is 0 Å². The van der Waals surface area contributed by atoms with Crippen molar-refractivity contribution >= 4 is 21.6 Å². The molecule has 1 N–H and O–H groups in total. The van der Waals surface area contributed by atoms with Crippen LogP contribution in [0.3, 0.4) is 0 Å². The van der Waals surface area contributed by atoms with Crippen molar-refractivity contribution in [3.05, 3.63) is 23.2 Å². The largest absolute Gasteiger partial charge is 0.491 e. The van der Waals surface area contributed by atoms with Crippen molar-refractivity contribution < 1.29 is 9.84 Å². The highest BCUT2D eigenvalue weighted by Gasteiger charge is 2.07. The van der Waals surface area contributed by atoms with Crippen LogP contribution in [0.5, 0.6) is 5.75 Å². The molecule has 0 saturated carbocycles. The number of hydrogen-bond donors (Lipinski definition) is 1. The maximum Gasteiger partial charge on any atom is 0.120 e. The molecule has 0 fully saturated rings. The number of hydrogen-bond acceptors (Lipinski definition) is 4. The van der Waals surface area contributed by atoms with Crippen LogP contribution in [0.4, 0.5) is 0 Å². The first kappa shape index (κ1) is 11.4. The molecule has 0 amide bonds. The summed E-state index contributed by atoms with van der Waals surface area (Å²) in [6.45, 7) is 4.65. The molecule has 0 unspecified atom stereocenters. The second-order valence-corrected chi connectivity index (χ2v) is 4.97. The summed E-state index contributed by atoms with van der Waals surface area (Å²) in [5.41, 5.74) is 1.02. The minimum atomic E-state index is 0.0397. The van der Waals surface area contributed by atoms with Crippen LogP contribution < -0.4 is 4.74 Å². The smallest absolute Gasteiger partial charge is 0.120 e. The van der Waals surface area contributed by atoms with E-state index in [9.17, 15) is 0 Å². The molecule has 0 aliphatic heterocycles. The molecule has 86 valence electrons. The Morgan fingerprint density at radius 3 is 2.94 bits per heavy atom. The predicted molar refractivity (Wildman–Crippen MR) is 66.3 cm³/mol. The van der Waals surface area contributed by atoms with Gasteiger partial charge in [-0.15, -0.1) is 11.3 Å². The van der Waals surface area contributed by atoms with Crippen LogP contribution in [0.1, 0.15) is 24.8 Å². The molecule has 0 atom stereocenters. The van der Waals surface area contributed by atoms with E-state index in [0.29, 0.717) is 12.5 Å². The SMILES string of the molecule is CC(C)c1nc2ccc(OCCO)cc2s1. The van der Waals surface area contributed by atoms with E-state index >= 15 is 0 Å². The molecule has 0 aliphatic rings. The van der Waals surface area contributed by atoms with Crippen LogP contribution in [0.2, 0.25) is 0 Å². The van der Waals surface area contributed by atoms with E-state index in [1.165, 1.54) is 0 Å². The first-order chi connectivity index (χ1) is 7.70. The van der Waals surface area contributed by atoms with Gasteiger partial charge in [-0.25, -0.2) is 4.98 Å². The minimum Gasteiger partial charge on any atom is -0.491 e. The number of aliphatic hydroxyl groups excluding tert-OH is 1. The lowest BCUT2D eigenvalue weighted by Gasteiger charge is -2.02. The van der Waals surface area contributed by atoms with E-state index in [4.69, 9.17) is 9.84 Å². The maximum absolute atomic E-state index is 8.68. The van der Waals surface area contributed by atoms with Crippen LogP contribution in [-0.4, -0.2) is 23.3 Å². The number of aliphatic hydroxyl groups is 1. The Morgan fingerprint density at radius 2 is 2.25 bits per heavy atom. The Morgan fingerprint density at radius 1 is 1.44 bits per heavy atom. The van der Waals surface area contributed by atoms with Crippen molar-refractivity contribution in [2.24, 2.45) is 0 Å². The second kappa shape index (κ2) is 4.80. The van der Waals surface area contributed by atoms with E-state index in [1.54, 1.807) is 11.3 Å². The highest BCUT2D eigenvalue weighted by atomic mass is 32.1. The Balaban J connectivity index is 2.30. The second-order valence-electron chi connectivity index (χ2n) is 3.91. The summed E-state index contributed by atoms with van der Waals surface area (Å²) in [6.07, 6.45) is 0. The van der Waals surface area contributed by atoms with Crippen LogP contribution in [-0.2, 0) is 0 Å². The third-order valence-electron chi connectivity index (χ3n) is 2.23. The molecule has 2 aromatic rings. The zero-order valence-electron chi connectivity index (χ0n) is 9.43. The molecule has 0 spiro atoms. The minimum absolute atomic E-state index is 0.0397. The van der Waals surface area contributed by atoms with Gasteiger partial charge in [0.15, 0.2) is 0 Å². The van der Waals surface area contributed by atoms with E-state index in [2.05, 4.69) is 18.8 Å².